The highest BCUT2D eigenvalue weighted by molar-refractivity contribution is 6.03. The summed E-state index contributed by atoms with van der Waals surface area (Å²) in [5.74, 6) is -0.516. The normalized spacial score (nSPS) is 18.9. The van der Waals surface area contributed by atoms with Crippen molar-refractivity contribution < 1.29 is 14.4 Å². The molecule has 1 atom stereocenters. The van der Waals surface area contributed by atoms with Crippen molar-refractivity contribution in [2.24, 2.45) is 11.1 Å². The quantitative estimate of drug-likeness (QED) is 0.422. The summed E-state index contributed by atoms with van der Waals surface area (Å²) in [6.45, 7) is 13.3. The highest BCUT2D eigenvalue weighted by Crippen LogP contribution is 2.29. The van der Waals surface area contributed by atoms with Crippen LogP contribution in [0.2, 0.25) is 0 Å². The predicted molar refractivity (Wildman–Crippen MR) is 80.6 cm³/mol. The van der Waals surface area contributed by atoms with Crippen LogP contribution < -0.4 is 0 Å². The second-order valence-corrected chi connectivity index (χ2v) is 6.92. The summed E-state index contributed by atoms with van der Waals surface area (Å²) in [4.78, 5) is 17.7. The van der Waals surface area contributed by atoms with Gasteiger partial charge in [0.05, 0.1) is 11.6 Å². The van der Waals surface area contributed by atoms with Crippen LogP contribution in [-0.2, 0) is 14.4 Å². The molecule has 4 nitrogen and oxygen atoms in total. The van der Waals surface area contributed by atoms with Gasteiger partial charge in [0.25, 0.3) is 0 Å². The van der Waals surface area contributed by atoms with Crippen LogP contribution in [0.3, 0.4) is 0 Å². The standard InChI is InChI=1S/C16H27NO3/c1-7-8-9-10-12(14(18)19-15(2,3)4)13-11-16(5,6)20-17-13/h7,12H,1,8-11H2,2-6H3. The van der Waals surface area contributed by atoms with Crippen molar-refractivity contribution in [2.45, 2.75) is 71.5 Å². The number of oxime groups is 1. The Labute approximate surface area is 122 Å². The van der Waals surface area contributed by atoms with Gasteiger partial charge in [-0.15, -0.1) is 6.58 Å². The number of hydrogen-bond acceptors (Lipinski definition) is 4. The fourth-order valence-electron chi connectivity index (χ4n) is 2.13. The maximum Gasteiger partial charge on any atom is 0.315 e. The molecule has 1 heterocycles. The zero-order chi connectivity index (χ0) is 15.4. The maximum atomic E-state index is 12.4. The van der Waals surface area contributed by atoms with Gasteiger partial charge in [-0.25, -0.2) is 0 Å². The van der Waals surface area contributed by atoms with Crippen molar-refractivity contribution in [3.63, 3.8) is 0 Å². The highest BCUT2D eigenvalue weighted by atomic mass is 16.7. The molecule has 20 heavy (non-hydrogen) atoms. The molecule has 0 bridgehead atoms. The van der Waals surface area contributed by atoms with E-state index in [1.165, 1.54) is 0 Å². The van der Waals surface area contributed by atoms with Crippen LogP contribution in [0.5, 0.6) is 0 Å². The van der Waals surface area contributed by atoms with Gasteiger partial charge in [-0.2, -0.15) is 0 Å². The number of esters is 1. The van der Waals surface area contributed by atoms with Crippen LogP contribution in [0.25, 0.3) is 0 Å². The van der Waals surface area contributed by atoms with Gasteiger partial charge in [0.2, 0.25) is 0 Å². The minimum absolute atomic E-state index is 0.207. The molecule has 114 valence electrons. The Kier molecular flexibility index (Phi) is 5.37. The molecule has 1 unspecified atom stereocenters. The smallest absolute Gasteiger partial charge is 0.315 e. The molecular formula is C16H27NO3. The average Bonchev–Trinajstić information content (AvgIpc) is 2.62. The largest absolute Gasteiger partial charge is 0.459 e. The van der Waals surface area contributed by atoms with Crippen LogP contribution in [0.1, 0.15) is 60.3 Å². The molecule has 0 amide bonds. The Hall–Kier alpha value is -1.32. The Morgan fingerprint density at radius 1 is 1.55 bits per heavy atom. The van der Waals surface area contributed by atoms with Gasteiger partial charge in [-0.3, -0.25) is 4.79 Å². The second kappa shape index (κ2) is 6.42. The molecule has 0 spiro atoms. The van der Waals surface area contributed by atoms with Gasteiger partial charge in [-0.1, -0.05) is 11.2 Å². The van der Waals surface area contributed by atoms with Gasteiger partial charge < -0.3 is 9.57 Å². The van der Waals surface area contributed by atoms with Crippen LogP contribution >= 0.6 is 0 Å². The first-order chi connectivity index (χ1) is 9.14. The van der Waals surface area contributed by atoms with Gasteiger partial charge in [0.1, 0.15) is 11.2 Å². The van der Waals surface area contributed by atoms with Crippen LogP contribution in [-0.4, -0.2) is 22.9 Å². The maximum absolute atomic E-state index is 12.4. The first-order valence-electron chi connectivity index (χ1n) is 7.23. The fourth-order valence-corrected chi connectivity index (χ4v) is 2.13. The molecule has 0 N–H and O–H groups in total. The lowest BCUT2D eigenvalue weighted by Crippen LogP contribution is -2.33. The van der Waals surface area contributed by atoms with E-state index < -0.39 is 5.60 Å². The van der Waals surface area contributed by atoms with Crippen molar-refractivity contribution in [1.82, 2.24) is 0 Å². The van der Waals surface area contributed by atoms with E-state index in [-0.39, 0.29) is 17.5 Å². The Balaban J connectivity index is 2.75. The summed E-state index contributed by atoms with van der Waals surface area (Å²) < 4.78 is 5.51. The lowest BCUT2D eigenvalue weighted by atomic mass is 9.90. The summed E-state index contributed by atoms with van der Waals surface area (Å²) in [5.41, 5.74) is -0.00883. The van der Waals surface area contributed by atoms with E-state index in [1.54, 1.807) is 0 Å². The molecule has 0 aromatic rings. The Morgan fingerprint density at radius 2 is 2.20 bits per heavy atom. The van der Waals surface area contributed by atoms with Gasteiger partial charge in [-0.05, 0) is 53.9 Å². The van der Waals surface area contributed by atoms with Gasteiger partial charge >= 0.3 is 5.97 Å². The lowest BCUT2D eigenvalue weighted by molar-refractivity contribution is -0.157. The number of carbonyl (C=O) groups is 1. The second-order valence-electron chi connectivity index (χ2n) is 6.92. The summed E-state index contributed by atoms with van der Waals surface area (Å²) in [7, 11) is 0. The van der Waals surface area contributed by atoms with E-state index in [1.807, 2.05) is 40.7 Å². The molecule has 1 rings (SSSR count). The fraction of sp³-hybridized carbons (Fsp3) is 0.750. The molecule has 0 aromatic carbocycles. The minimum Gasteiger partial charge on any atom is -0.459 e. The first kappa shape index (κ1) is 16.7. The van der Waals surface area contributed by atoms with Crippen molar-refractivity contribution >= 4 is 11.7 Å². The summed E-state index contributed by atoms with van der Waals surface area (Å²) >= 11 is 0. The number of carbonyl (C=O) groups excluding carboxylic acids is 1. The predicted octanol–water partition coefficient (Wildman–Crippen LogP) is 3.86. The van der Waals surface area contributed by atoms with E-state index in [9.17, 15) is 4.79 Å². The molecule has 0 saturated carbocycles. The number of allylic oxidation sites excluding steroid dienone is 1. The number of hydrogen-bond donors (Lipinski definition) is 0. The highest BCUT2D eigenvalue weighted by Gasteiger charge is 2.37. The summed E-state index contributed by atoms with van der Waals surface area (Å²) in [5, 5.41) is 4.11. The topological polar surface area (TPSA) is 47.9 Å². The van der Waals surface area contributed by atoms with E-state index in [4.69, 9.17) is 9.57 Å². The van der Waals surface area contributed by atoms with Crippen LogP contribution in [0, 0.1) is 5.92 Å². The van der Waals surface area contributed by atoms with E-state index in [0.29, 0.717) is 6.42 Å². The summed E-state index contributed by atoms with van der Waals surface area (Å²) in [6, 6.07) is 0. The monoisotopic (exact) mass is 281 g/mol. The van der Waals surface area contributed by atoms with Crippen LogP contribution in [0.4, 0.5) is 0 Å². The molecule has 0 saturated heterocycles. The molecule has 0 radical (unpaired) electrons. The van der Waals surface area contributed by atoms with E-state index >= 15 is 0 Å². The molecule has 1 aliphatic rings. The van der Waals surface area contributed by atoms with E-state index in [2.05, 4.69) is 11.7 Å². The Morgan fingerprint density at radius 3 is 2.65 bits per heavy atom. The number of rotatable bonds is 6. The summed E-state index contributed by atoms with van der Waals surface area (Å²) in [6.07, 6.45) is 5.04. The van der Waals surface area contributed by atoms with E-state index in [0.717, 1.165) is 25.0 Å². The van der Waals surface area contributed by atoms with Crippen molar-refractivity contribution in [2.75, 3.05) is 0 Å². The molecule has 1 aliphatic heterocycles. The SMILES string of the molecule is C=CCCCC(C(=O)OC(C)(C)C)C1=NOC(C)(C)C1. The molecule has 0 fully saturated rings. The third kappa shape index (κ3) is 5.35. The van der Waals surface area contributed by atoms with Gasteiger partial charge in [0, 0.05) is 6.42 Å². The number of unbranched alkanes of at least 4 members (excludes halogenated alkanes) is 1. The first-order valence-corrected chi connectivity index (χ1v) is 7.23. The number of nitrogens with zero attached hydrogens (tertiary/aromatic N) is 1. The Bertz CT molecular complexity index is 391. The molecular weight excluding hydrogens is 254 g/mol. The third-order valence-electron chi connectivity index (χ3n) is 3.01. The third-order valence-corrected chi connectivity index (χ3v) is 3.01. The molecule has 4 heteroatoms. The average molecular weight is 281 g/mol. The molecule has 0 aliphatic carbocycles. The lowest BCUT2D eigenvalue weighted by Gasteiger charge is -2.24. The number of ether oxygens (including phenoxy) is 1. The van der Waals surface area contributed by atoms with Crippen LogP contribution in [0.15, 0.2) is 17.8 Å². The van der Waals surface area contributed by atoms with Crippen molar-refractivity contribution in [1.29, 1.82) is 0 Å². The van der Waals surface area contributed by atoms with Gasteiger partial charge in [0.15, 0.2) is 0 Å². The van der Waals surface area contributed by atoms with Crippen molar-refractivity contribution in [3.8, 4) is 0 Å². The zero-order valence-electron chi connectivity index (χ0n) is 13.4. The molecule has 0 aromatic heterocycles. The zero-order valence-corrected chi connectivity index (χ0v) is 13.4. The van der Waals surface area contributed by atoms with Crippen molar-refractivity contribution in [3.05, 3.63) is 12.7 Å². The minimum atomic E-state index is -0.483.